The molecule has 0 unspecified atom stereocenters. The minimum absolute atomic E-state index is 0.252. The highest BCUT2D eigenvalue weighted by Crippen LogP contribution is 2.32. The first-order chi connectivity index (χ1) is 10.1. The first-order valence-electron chi connectivity index (χ1n) is 5.83. The average Bonchev–Trinajstić information content (AvgIpc) is 3.08. The normalized spacial score (nSPS) is 10.5. The SMILES string of the molecule is O=C(Nc1nc(-c2ccc(Cl)s2)cs1)c1ccc(=O)[nH]c1. The van der Waals surface area contributed by atoms with Crippen LogP contribution < -0.4 is 10.9 Å². The average molecular weight is 338 g/mol. The topological polar surface area (TPSA) is 74.8 Å². The zero-order chi connectivity index (χ0) is 14.8. The molecule has 0 bridgehead atoms. The highest BCUT2D eigenvalue weighted by atomic mass is 35.5. The molecule has 0 aromatic carbocycles. The van der Waals surface area contributed by atoms with E-state index in [1.807, 2.05) is 11.4 Å². The van der Waals surface area contributed by atoms with Gasteiger partial charge >= 0.3 is 0 Å². The number of H-pyrrole nitrogens is 1. The molecule has 3 aromatic heterocycles. The molecular weight excluding hydrogens is 330 g/mol. The number of aromatic nitrogens is 2. The fourth-order valence-corrected chi connectivity index (χ4v) is 3.40. The van der Waals surface area contributed by atoms with Crippen molar-refractivity contribution in [3.8, 4) is 10.6 Å². The lowest BCUT2D eigenvalue weighted by atomic mass is 10.3. The molecule has 0 aliphatic rings. The van der Waals surface area contributed by atoms with Gasteiger partial charge in [-0.2, -0.15) is 0 Å². The summed E-state index contributed by atoms with van der Waals surface area (Å²) in [6.45, 7) is 0. The highest BCUT2D eigenvalue weighted by molar-refractivity contribution is 7.20. The summed E-state index contributed by atoms with van der Waals surface area (Å²) in [6, 6.07) is 6.45. The maximum absolute atomic E-state index is 12.0. The second-order valence-corrected chi connectivity index (χ2v) is 6.61. The van der Waals surface area contributed by atoms with E-state index in [1.54, 1.807) is 6.07 Å². The van der Waals surface area contributed by atoms with Crippen LogP contribution in [0.4, 0.5) is 5.13 Å². The lowest BCUT2D eigenvalue weighted by Crippen LogP contribution is -2.14. The number of pyridine rings is 1. The Morgan fingerprint density at radius 2 is 2.14 bits per heavy atom. The molecule has 2 N–H and O–H groups in total. The number of rotatable bonds is 3. The first kappa shape index (κ1) is 14.0. The van der Waals surface area contributed by atoms with Crippen molar-refractivity contribution in [1.82, 2.24) is 9.97 Å². The molecule has 0 aliphatic carbocycles. The fraction of sp³-hybridized carbons (Fsp3) is 0. The molecular formula is C13H8ClN3O2S2. The quantitative estimate of drug-likeness (QED) is 0.768. The van der Waals surface area contributed by atoms with Gasteiger partial charge in [0.2, 0.25) is 5.56 Å². The Labute approximate surface area is 132 Å². The summed E-state index contributed by atoms with van der Waals surface area (Å²) >= 11 is 8.65. The number of nitrogens with zero attached hydrogens (tertiary/aromatic N) is 1. The highest BCUT2D eigenvalue weighted by Gasteiger charge is 2.11. The van der Waals surface area contributed by atoms with Crippen molar-refractivity contribution >= 4 is 45.3 Å². The van der Waals surface area contributed by atoms with Gasteiger partial charge < -0.3 is 4.98 Å². The number of thiazole rings is 1. The number of hydrogen-bond acceptors (Lipinski definition) is 5. The molecule has 1 amide bonds. The Morgan fingerprint density at radius 1 is 1.29 bits per heavy atom. The van der Waals surface area contributed by atoms with Crippen molar-refractivity contribution in [3.63, 3.8) is 0 Å². The van der Waals surface area contributed by atoms with Crippen LogP contribution in [0.5, 0.6) is 0 Å². The number of amides is 1. The van der Waals surface area contributed by atoms with Gasteiger partial charge in [0.05, 0.1) is 20.5 Å². The molecule has 106 valence electrons. The second-order valence-electron chi connectivity index (χ2n) is 4.04. The van der Waals surface area contributed by atoms with E-state index >= 15 is 0 Å². The molecule has 0 radical (unpaired) electrons. The minimum atomic E-state index is -0.323. The molecule has 0 aliphatic heterocycles. The van der Waals surface area contributed by atoms with Crippen LogP contribution in [0.1, 0.15) is 10.4 Å². The monoisotopic (exact) mass is 337 g/mol. The number of nitrogens with one attached hydrogen (secondary N) is 2. The van der Waals surface area contributed by atoms with Crippen LogP contribution in [-0.2, 0) is 0 Å². The Hall–Kier alpha value is -1.96. The standard InChI is InChI=1S/C13H8ClN3O2S2/c14-10-3-2-9(21-10)8-6-20-13(16-8)17-12(19)7-1-4-11(18)15-5-7/h1-6H,(H,15,18)(H,16,17,19). The van der Waals surface area contributed by atoms with Gasteiger partial charge in [0, 0.05) is 17.6 Å². The van der Waals surface area contributed by atoms with Gasteiger partial charge in [0.15, 0.2) is 5.13 Å². The minimum Gasteiger partial charge on any atom is -0.328 e. The van der Waals surface area contributed by atoms with Crippen molar-refractivity contribution in [2.45, 2.75) is 0 Å². The van der Waals surface area contributed by atoms with Gasteiger partial charge in [-0.05, 0) is 18.2 Å². The number of anilines is 1. The van der Waals surface area contributed by atoms with Gasteiger partial charge in [0.1, 0.15) is 0 Å². The van der Waals surface area contributed by atoms with Crippen molar-refractivity contribution < 1.29 is 4.79 Å². The third-order valence-electron chi connectivity index (χ3n) is 2.60. The summed E-state index contributed by atoms with van der Waals surface area (Å²) in [5, 5.41) is 5.04. The van der Waals surface area contributed by atoms with Crippen molar-refractivity contribution in [2.75, 3.05) is 5.32 Å². The molecule has 0 saturated carbocycles. The lowest BCUT2D eigenvalue weighted by molar-refractivity contribution is 0.102. The van der Waals surface area contributed by atoms with E-state index in [2.05, 4.69) is 15.3 Å². The number of halogens is 1. The smallest absolute Gasteiger partial charge is 0.258 e. The Bertz CT molecular complexity index is 832. The summed E-state index contributed by atoms with van der Waals surface area (Å²) in [7, 11) is 0. The van der Waals surface area contributed by atoms with Crippen LogP contribution in [0.15, 0.2) is 40.6 Å². The molecule has 3 heterocycles. The molecule has 0 atom stereocenters. The third kappa shape index (κ3) is 3.21. The van der Waals surface area contributed by atoms with Gasteiger partial charge in [0.25, 0.3) is 5.91 Å². The fourth-order valence-electron chi connectivity index (χ4n) is 1.62. The first-order valence-corrected chi connectivity index (χ1v) is 7.90. The zero-order valence-corrected chi connectivity index (χ0v) is 12.8. The Kier molecular flexibility index (Phi) is 3.87. The number of hydrogen-bond donors (Lipinski definition) is 2. The summed E-state index contributed by atoms with van der Waals surface area (Å²) in [5.74, 6) is -0.323. The molecule has 8 heteroatoms. The van der Waals surface area contributed by atoms with E-state index in [-0.39, 0.29) is 11.5 Å². The van der Waals surface area contributed by atoms with E-state index < -0.39 is 0 Å². The number of carbonyl (C=O) groups is 1. The van der Waals surface area contributed by atoms with Crippen LogP contribution in [-0.4, -0.2) is 15.9 Å². The van der Waals surface area contributed by atoms with Crippen LogP contribution in [0.25, 0.3) is 10.6 Å². The van der Waals surface area contributed by atoms with Crippen molar-refractivity contribution in [3.05, 3.63) is 56.1 Å². The van der Waals surface area contributed by atoms with Crippen molar-refractivity contribution in [1.29, 1.82) is 0 Å². The van der Waals surface area contributed by atoms with E-state index in [9.17, 15) is 9.59 Å². The van der Waals surface area contributed by atoms with Gasteiger partial charge in [-0.15, -0.1) is 22.7 Å². The van der Waals surface area contributed by atoms with E-state index in [0.717, 1.165) is 10.6 Å². The van der Waals surface area contributed by atoms with E-state index in [4.69, 9.17) is 11.6 Å². The van der Waals surface area contributed by atoms with Gasteiger partial charge in [-0.1, -0.05) is 11.6 Å². The Morgan fingerprint density at radius 3 is 2.81 bits per heavy atom. The summed E-state index contributed by atoms with van der Waals surface area (Å²) in [5.41, 5.74) is 0.886. The molecule has 3 aromatic rings. The Balaban J connectivity index is 1.76. The molecule has 3 rings (SSSR count). The van der Waals surface area contributed by atoms with Gasteiger partial charge in [-0.25, -0.2) is 4.98 Å². The number of carbonyl (C=O) groups excluding carboxylic acids is 1. The van der Waals surface area contributed by atoms with Crippen molar-refractivity contribution in [2.24, 2.45) is 0 Å². The summed E-state index contributed by atoms with van der Waals surface area (Å²) in [6.07, 6.45) is 1.37. The molecule has 0 saturated heterocycles. The third-order valence-corrected chi connectivity index (χ3v) is 4.61. The summed E-state index contributed by atoms with van der Waals surface area (Å²) in [4.78, 5) is 30.7. The zero-order valence-electron chi connectivity index (χ0n) is 10.4. The number of aromatic amines is 1. The van der Waals surface area contributed by atoms with E-state index in [0.29, 0.717) is 15.0 Å². The molecule has 0 spiro atoms. The predicted molar refractivity (Wildman–Crippen MR) is 85.5 cm³/mol. The second kappa shape index (κ2) is 5.80. The predicted octanol–water partition coefficient (Wildman–Crippen LogP) is 3.47. The van der Waals surface area contributed by atoms with E-state index in [1.165, 1.54) is 41.0 Å². The maximum atomic E-state index is 12.0. The molecule has 0 fully saturated rings. The molecule has 21 heavy (non-hydrogen) atoms. The van der Waals surface area contributed by atoms with Crippen LogP contribution >= 0.6 is 34.3 Å². The summed E-state index contributed by atoms with van der Waals surface area (Å²) < 4.78 is 0.692. The van der Waals surface area contributed by atoms with Crippen LogP contribution in [0.2, 0.25) is 4.34 Å². The largest absolute Gasteiger partial charge is 0.328 e. The van der Waals surface area contributed by atoms with Gasteiger partial charge in [-0.3, -0.25) is 14.9 Å². The lowest BCUT2D eigenvalue weighted by Gasteiger charge is -2.00. The number of thiophene rings is 1. The van der Waals surface area contributed by atoms with Crippen LogP contribution in [0.3, 0.4) is 0 Å². The maximum Gasteiger partial charge on any atom is 0.258 e. The molecule has 5 nitrogen and oxygen atoms in total. The van der Waals surface area contributed by atoms with Crippen LogP contribution in [0, 0.1) is 0 Å².